The van der Waals surface area contributed by atoms with Gasteiger partial charge in [-0.2, -0.15) is 0 Å². The fourth-order valence-corrected chi connectivity index (χ4v) is 3.25. The van der Waals surface area contributed by atoms with Crippen LogP contribution in [0.5, 0.6) is 0 Å². The zero-order valence-electron chi connectivity index (χ0n) is 10.9. The third kappa shape index (κ3) is 2.55. The summed E-state index contributed by atoms with van der Waals surface area (Å²) in [5.74, 6) is -0.918. The molecule has 2 rings (SSSR count). The van der Waals surface area contributed by atoms with Crippen LogP contribution in [0.2, 0.25) is 0 Å². The van der Waals surface area contributed by atoms with Gasteiger partial charge in [0.1, 0.15) is 0 Å². The number of ether oxygens (including phenoxy) is 1. The van der Waals surface area contributed by atoms with Crippen LogP contribution < -0.4 is 5.32 Å². The van der Waals surface area contributed by atoms with Crippen molar-refractivity contribution in [2.24, 2.45) is 11.3 Å². The number of nitrogens with one attached hydrogen (secondary N) is 1. The van der Waals surface area contributed by atoms with Gasteiger partial charge in [-0.25, -0.2) is 4.79 Å². The molecule has 0 aromatic rings. The first kappa shape index (κ1) is 13.8. The molecule has 2 amide bonds. The zero-order chi connectivity index (χ0) is 13.9. The number of amides is 2. The Morgan fingerprint density at radius 1 is 1.47 bits per heavy atom. The highest BCUT2D eigenvalue weighted by Crippen LogP contribution is 2.48. The van der Waals surface area contributed by atoms with Gasteiger partial charge >= 0.3 is 5.97 Å². The number of esters is 1. The molecule has 5 heteroatoms. The Balaban J connectivity index is 1.95. The molecule has 19 heavy (non-hydrogen) atoms. The van der Waals surface area contributed by atoms with Gasteiger partial charge in [0.25, 0.3) is 0 Å². The number of imide groups is 1. The molecule has 2 aliphatic rings. The smallest absolute Gasteiger partial charge is 0.330 e. The van der Waals surface area contributed by atoms with Gasteiger partial charge in [0, 0.05) is 6.08 Å². The molecule has 0 aromatic heterocycles. The van der Waals surface area contributed by atoms with Gasteiger partial charge in [-0.05, 0) is 25.7 Å². The lowest BCUT2D eigenvalue weighted by molar-refractivity contribution is -0.138. The average molecular weight is 265 g/mol. The van der Waals surface area contributed by atoms with E-state index in [-0.39, 0.29) is 24.3 Å². The molecule has 2 unspecified atom stereocenters. The Morgan fingerprint density at radius 2 is 2.26 bits per heavy atom. The van der Waals surface area contributed by atoms with Gasteiger partial charge in [-0.1, -0.05) is 19.4 Å². The molecular formula is C14H19NO4. The van der Waals surface area contributed by atoms with E-state index in [1.807, 2.05) is 0 Å². The van der Waals surface area contributed by atoms with Gasteiger partial charge in [-0.3, -0.25) is 14.9 Å². The van der Waals surface area contributed by atoms with E-state index in [9.17, 15) is 14.4 Å². The van der Waals surface area contributed by atoms with Gasteiger partial charge in [0.2, 0.25) is 11.8 Å². The van der Waals surface area contributed by atoms with Gasteiger partial charge < -0.3 is 4.74 Å². The van der Waals surface area contributed by atoms with Crippen molar-refractivity contribution in [2.45, 2.75) is 38.5 Å². The minimum atomic E-state index is -0.560. The van der Waals surface area contributed by atoms with Crippen LogP contribution in [-0.4, -0.2) is 24.4 Å². The van der Waals surface area contributed by atoms with Crippen LogP contribution in [0.4, 0.5) is 0 Å². The Labute approximate surface area is 112 Å². The Hall–Kier alpha value is -1.65. The fraction of sp³-hybridized carbons (Fsp3) is 0.643. The number of carbonyl (C=O) groups excluding carboxylic acids is 3. The van der Waals surface area contributed by atoms with Crippen LogP contribution >= 0.6 is 0 Å². The van der Waals surface area contributed by atoms with Crippen LogP contribution in [0.1, 0.15) is 38.5 Å². The first-order valence-electron chi connectivity index (χ1n) is 6.74. The fourth-order valence-electron chi connectivity index (χ4n) is 3.25. The highest BCUT2D eigenvalue weighted by Gasteiger charge is 2.55. The second kappa shape index (κ2) is 5.55. The van der Waals surface area contributed by atoms with Crippen molar-refractivity contribution in [1.82, 2.24) is 5.32 Å². The molecule has 0 radical (unpaired) electrons. The summed E-state index contributed by atoms with van der Waals surface area (Å²) in [6.45, 7) is 3.58. The number of hydrogen-bond donors (Lipinski definition) is 1. The van der Waals surface area contributed by atoms with E-state index in [1.165, 1.54) is 0 Å². The lowest BCUT2D eigenvalue weighted by Crippen LogP contribution is -2.37. The third-order valence-electron chi connectivity index (χ3n) is 4.22. The van der Waals surface area contributed by atoms with E-state index in [0.717, 1.165) is 31.8 Å². The van der Waals surface area contributed by atoms with Crippen LogP contribution in [0.15, 0.2) is 12.7 Å². The molecule has 0 spiro atoms. The minimum Gasteiger partial charge on any atom is -0.463 e. The quantitative estimate of drug-likeness (QED) is 0.352. The first-order valence-corrected chi connectivity index (χ1v) is 6.74. The van der Waals surface area contributed by atoms with E-state index in [0.29, 0.717) is 12.8 Å². The summed E-state index contributed by atoms with van der Waals surface area (Å²) in [6.07, 6.45) is 5.82. The van der Waals surface area contributed by atoms with Crippen molar-refractivity contribution in [2.75, 3.05) is 6.61 Å². The van der Waals surface area contributed by atoms with E-state index in [2.05, 4.69) is 11.9 Å². The second-order valence-electron chi connectivity index (χ2n) is 5.25. The standard InChI is InChI=1S/C14H19NO4/c1-2-11(16)19-9-5-8-14-7-4-3-6-10(14)12(17)15-13(14)18/h2,10H,1,3-9H2,(H,15,17,18). The molecule has 0 aromatic carbocycles. The van der Waals surface area contributed by atoms with Crippen LogP contribution in [0.3, 0.4) is 0 Å². The molecule has 1 aliphatic heterocycles. The van der Waals surface area contributed by atoms with E-state index in [4.69, 9.17) is 4.74 Å². The average Bonchev–Trinajstić information content (AvgIpc) is 2.67. The summed E-state index contributed by atoms with van der Waals surface area (Å²) < 4.78 is 4.92. The number of hydrogen-bond acceptors (Lipinski definition) is 4. The highest BCUT2D eigenvalue weighted by molar-refractivity contribution is 6.07. The zero-order valence-corrected chi connectivity index (χ0v) is 10.9. The van der Waals surface area contributed by atoms with Gasteiger partial charge in [-0.15, -0.1) is 0 Å². The van der Waals surface area contributed by atoms with Crippen molar-refractivity contribution in [3.63, 3.8) is 0 Å². The van der Waals surface area contributed by atoms with Gasteiger partial charge in [0.05, 0.1) is 17.9 Å². The summed E-state index contributed by atoms with van der Waals surface area (Å²) in [5, 5.41) is 2.46. The van der Waals surface area contributed by atoms with Gasteiger partial charge in [0.15, 0.2) is 0 Å². The maximum absolute atomic E-state index is 12.1. The second-order valence-corrected chi connectivity index (χ2v) is 5.25. The molecule has 2 fully saturated rings. The molecule has 2 atom stereocenters. The number of fused-ring (bicyclic) bond motifs is 1. The minimum absolute atomic E-state index is 0.132. The SMILES string of the molecule is C=CC(=O)OCCCC12CCCCC1C(=O)NC2=O. The lowest BCUT2D eigenvalue weighted by atomic mass is 9.65. The monoisotopic (exact) mass is 265 g/mol. The van der Waals surface area contributed by atoms with Crippen molar-refractivity contribution >= 4 is 17.8 Å². The van der Waals surface area contributed by atoms with Crippen molar-refractivity contribution < 1.29 is 19.1 Å². The lowest BCUT2D eigenvalue weighted by Gasteiger charge is -2.35. The molecule has 1 heterocycles. The van der Waals surface area contributed by atoms with E-state index in [1.54, 1.807) is 0 Å². The summed E-state index contributed by atoms with van der Waals surface area (Å²) in [7, 11) is 0. The summed E-state index contributed by atoms with van der Waals surface area (Å²) in [4.78, 5) is 34.8. The molecule has 5 nitrogen and oxygen atoms in total. The van der Waals surface area contributed by atoms with Crippen LogP contribution in [0, 0.1) is 11.3 Å². The largest absolute Gasteiger partial charge is 0.463 e. The maximum Gasteiger partial charge on any atom is 0.330 e. The molecule has 104 valence electrons. The highest BCUT2D eigenvalue weighted by atomic mass is 16.5. The first-order chi connectivity index (χ1) is 9.10. The predicted molar refractivity (Wildman–Crippen MR) is 67.9 cm³/mol. The summed E-state index contributed by atoms with van der Waals surface area (Å²) in [6, 6.07) is 0. The summed E-state index contributed by atoms with van der Waals surface area (Å²) >= 11 is 0. The Kier molecular flexibility index (Phi) is 4.02. The van der Waals surface area contributed by atoms with E-state index >= 15 is 0 Å². The van der Waals surface area contributed by atoms with Crippen molar-refractivity contribution in [3.05, 3.63) is 12.7 Å². The number of carbonyl (C=O) groups is 3. The molecule has 1 aliphatic carbocycles. The van der Waals surface area contributed by atoms with Crippen molar-refractivity contribution in [3.8, 4) is 0 Å². The normalized spacial score (nSPS) is 29.6. The third-order valence-corrected chi connectivity index (χ3v) is 4.22. The van der Waals surface area contributed by atoms with Crippen LogP contribution in [0.25, 0.3) is 0 Å². The maximum atomic E-state index is 12.1. The molecular weight excluding hydrogens is 246 g/mol. The Bertz CT molecular complexity index is 418. The van der Waals surface area contributed by atoms with Crippen molar-refractivity contribution in [1.29, 1.82) is 0 Å². The molecule has 1 saturated heterocycles. The summed E-state index contributed by atoms with van der Waals surface area (Å²) in [5.41, 5.74) is -0.560. The van der Waals surface area contributed by atoms with E-state index < -0.39 is 11.4 Å². The topological polar surface area (TPSA) is 72.5 Å². The molecule has 1 saturated carbocycles. The van der Waals surface area contributed by atoms with Crippen LogP contribution in [-0.2, 0) is 19.1 Å². The Morgan fingerprint density at radius 3 is 3.00 bits per heavy atom. The predicted octanol–water partition coefficient (Wildman–Crippen LogP) is 1.33. The number of rotatable bonds is 5. The molecule has 1 N–H and O–H groups in total. The molecule has 0 bridgehead atoms.